The van der Waals surface area contributed by atoms with Crippen LogP contribution in [0.25, 0.3) is 0 Å². The Morgan fingerprint density at radius 3 is 2.40 bits per heavy atom. The van der Waals surface area contributed by atoms with E-state index in [0.717, 1.165) is 77.1 Å². The van der Waals surface area contributed by atoms with Crippen molar-refractivity contribution < 1.29 is 17.9 Å². The predicted molar refractivity (Wildman–Crippen MR) is 192 cm³/mol. The van der Waals surface area contributed by atoms with Crippen LogP contribution in [-0.2, 0) is 14.8 Å². The minimum Gasteiger partial charge on any atom is -0.435 e. The van der Waals surface area contributed by atoms with Gasteiger partial charge in [0.15, 0.2) is 5.60 Å². The Balaban J connectivity index is 1.16. The number of benzene rings is 1. The van der Waals surface area contributed by atoms with Crippen molar-refractivity contribution in [1.82, 2.24) is 4.31 Å². The van der Waals surface area contributed by atoms with Gasteiger partial charge in [-0.1, -0.05) is 83.7 Å². The highest BCUT2D eigenvalue weighted by molar-refractivity contribution is 7.89. The number of allylic oxidation sites excluding steroid dienone is 5. The van der Waals surface area contributed by atoms with E-state index in [9.17, 15) is 13.2 Å². The second kappa shape index (κ2) is 12.5. The number of ether oxygens (including phenoxy) is 1. The molecule has 1 heterocycles. The summed E-state index contributed by atoms with van der Waals surface area (Å²) in [7, 11) is -4.10. The lowest BCUT2D eigenvalue weighted by Crippen LogP contribution is -2.49. The van der Waals surface area contributed by atoms with Crippen molar-refractivity contribution in [3.8, 4) is 0 Å². The summed E-state index contributed by atoms with van der Waals surface area (Å²) in [5.41, 5.74) is 3.80. The molecule has 6 aliphatic rings. The molecule has 5 nitrogen and oxygen atoms in total. The Labute approximate surface area is 290 Å². The van der Waals surface area contributed by atoms with E-state index in [1.165, 1.54) is 50.5 Å². The van der Waals surface area contributed by atoms with E-state index in [1.54, 1.807) is 24.3 Å². The third kappa shape index (κ3) is 5.55. The zero-order chi connectivity index (χ0) is 34.1. The minimum absolute atomic E-state index is 0.126. The van der Waals surface area contributed by atoms with Gasteiger partial charge in [0, 0.05) is 0 Å². The molecule has 48 heavy (non-hydrogen) atoms. The Bertz CT molecular complexity index is 1610. The Kier molecular flexibility index (Phi) is 8.86. The van der Waals surface area contributed by atoms with Gasteiger partial charge in [-0.05, 0) is 153 Å². The zero-order valence-corrected chi connectivity index (χ0v) is 31.2. The number of fused-ring (bicyclic) bond motifs is 5. The van der Waals surface area contributed by atoms with Crippen molar-refractivity contribution in [2.75, 3.05) is 0 Å². The van der Waals surface area contributed by atoms with E-state index in [4.69, 9.17) is 4.74 Å². The van der Waals surface area contributed by atoms with Crippen LogP contribution >= 0.6 is 0 Å². The van der Waals surface area contributed by atoms with Gasteiger partial charge in [0.2, 0.25) is 0 Å². The van der Waals surface area contributed by atoms with Gasteiger partial charge in [-0.2, -0.15) is 4.31 Å². The van der Waals surface area contributed by atoms with E-state index in [2.05, 4.69) is 46.8 Å². The van der Waals surface area contributed by atoms with Crippen molar-refractivity contribution in [3.05, 3.63) is 64.9 Å². The second-order valence-corrected chi connectivity index (χ2v) is 19.4. The van der Waals surface area contributed by atoms with Crippen LogP contribution in [0.3, 0.4) is 0 Å². The Morgan fingerprint density at radius 1 is 0.958 bits per heavy atom. The Hall–Kier alpha value is -2.34. The van der Waals surface area contributed by atoms with Gasteiger partial charge in [0.25, 0.3) is 10.0 Å². The van der Waals surface area contributed by atoms with E-state index in [0.29, 0.717) is 29.9 Å². The summed E-state index contributed by atoms with van der Waals surface area (Å²) in [4.78, 5) is 13.5. The molecule has 0 unspecified atom stereocenters. The molecule has 1 aromatic carbocycles. The van der Waals surface area contributed by atoms with Gasteiger partial charge in [0.1, 0.15) is 0 Å². The predicted octanol–water partition coefficient (Wildman–Crippen LogP) is 10.9. The third-order valence-corrected chi connectivity index (χ3v) is 16.1. The fourth-order valence-corrected chi connectivity index (χ4v) is 13.1. The molecule has 7 rings (SSSR count). The molecule has 0 bridgehead atoms. The number of rotatable bonds is 8. The third-order valence-electron chi connectivity index (χ3n) is 14.4. The van der Waals surface area contributed by atoms with Crippen LogP contribution < -0.4 is 0 Å². The maximum absolute atomic E-state index is 14.0. The topological polar surface area (TPSA) is 63.7 Å². The maximum atomic E-state index is 14.0. The van der Waals surface area contributed by atoms with Crippen LogP contribution in [0.15, 0.2) is 64.2 Å². The molecule has 0 aromatic heterocycles. The van der Waals surface area contributed by atoms with Crippen molar-refractivity contribution in [2.45, 2.75) is 142 Å². The second-order valence-electron chi connectivity index (χ2n) is 17.6. The normalized spacial score (nSPS) is 35.7. The summed E-state index contributed by atoms with van der Waals surface area (Å²) in [6.45, 7) is 14.4. The lowest BCUT2D eigenvalue weighted by Gasteiger charge is -2.57. The first kappa shape index (κ1) is 34.1. The molecule has 1 aromatic rings. The van der Waals surface area contributed by atoms with Crippen molar-refractivity contribution in [3.63, 3.8) is 0 Å². The number of nitrogens with zero attached hydrogens (tertiary/aromatic N) is 1. The molecule has 1 aliphatic heterocycles. The monoisotopic (exact) mass is 673 g/mol. The standard InChI is InChI=1S/C42H59NO4S/c1-28(2)10-9-11-30(4)35-18-19-36-34-17-14-32-26-31(20-24-40(32,5)37(34)21-25-41(35,36)6)27-38-42(22-7-8-23-42)47-39(44)43(38)48(45,46)33-15-12-29(3)13-16-33/h12-16,26-28,30,34-37H,7-11,17-25H2,1-6H3/b38-27+/t30-,34+,35-,36+,37+,40+,41-/m1/s1. The zero-order valence-electron chi connectivity index (χ0n) is 30.4. The van der Waals surface area contributed by atoms with Crippen molar-refractivity contribution in [2.24, 2.45) is 46.3 Å². The molecule has 262 valence electrons. The number of carbonyl (C=O) groups is 1. The first-order chi connectivity index (χ1) is 22.8. The maximum Gasteiger partial charge on any atom is 0.429 e. The Morgan fingerprint density at radius 2 is 1.69 bits per heavy atom. The molecule has 1 spiro atoms. The molecular formula is C42H59NO4S. The summed E-state index contributed by atoms with van der Waals surface area (Å²) in [5.74, 6) is 4.76. The average molecular weight is 674 g/mol. The van der Waals surface area contributed by atoms with Crippen LogP contribution in [0, 0.1) is 53.3 Å². The first-order valence-corrected chi connectivity index (χ1v) is 20.7. The summed E-state index contributed by atoms with van der Waals surface area (Å²) >= 11 is 0. The number of carbonyl (C=O) groups excluding carboxylic acids is 1. The average Bonchev–Trinajstić information content (AvgIpc) is 3.72. The number of hydrogen-bond acceptors (Lipinski definition) is 4. The summed E-state index contributed by atoms with van der Waals surface area (Å²) < 4.78 is 35.0. The smallest absolute Gasteiger partial charge is 0.429 e. The molecule has 1 amide bonds. The van der Waals surface area contributed by atoms with E-state index >= 15 is 0 Å². The SMILES string of the molecule is Cc1ccc(S(=O)(=O)N2C(=O)OC3(CCCC3)/C2=C\C2=CC3=CC[C@H]4[C@@H]5CC[C@H]([C@H](C)CCCC(C)C)[C@@]5(C)CC[C@@H]4[C@@]3(C)CC2)cc1. The molecule has 4 fully saturated rings. The molecular weight excluding hydrogens is 615 g/mol. The number of hydrogen-bond donors (Lipinski definition) is 0. The lowest BCUT2D eigenvalue weighted by molar-refractivity contribution is -0.0453. The van der Waals surface area contributed by atoms with Gasteiger partial charge in [0.05, 0.1) is 10.6 Å². The van der Waals surface area contributed by atoms with E-state index in [1.807, 2.05) is 13.0 Å². The largest absolute Gasteiger partial charge is 0.435 e. The fraction of sp³-hybridized carbons (Fsp3) is 0.690. The van der Waals surface area contributed by atoms with Gasteiger partial charge < -0.3 is 4.74 Å². The number of amides is 1. The number of sulfonamides is 1. The summed E-state index contributed by atoms with van der Waals surface area (Å²) in [6, 6.07) is 6.76. The minimum atomic E-state index is -4.10. The lowest BCUT2D eigenvalue weighted by atomic mass is 9.47. The van der Waals surface area contributed by atoms with Crippen molar-refractivity contribution in [1.29, 1.82) is 0 Å². The fourth-order valence-electron chi connectivity index (χ4n) is 11.7. The molecule has 1 saturated heterocycles. The van der Waals surface area contributed by atoms with Crippen LogP contribution in [0.1, 0.15) is 130 Å². The van der Waals surface area contributed by atoms with Gasteiger partial charge in [-0.15, -0.1) is 0 Å². The van der Waals surface area contributed by atoms with Gasteiger partial charge in [-0.3, -0.25) is 0 Å². The van der Waals surface area contributed by atoms with Crippen LogP contribution in [0.2, 0.25) is 0 Å². The highest BCUT2D eigenvalue weighted by Crippen LogP contribution is 2.67. The van der Waals surface area contributed by atoms with Crippen molar-refractivity contribution >= 4 is 16.1 Å². The molecule has 0 radical (unpaired) electrons. The van der Waals surface area contributed by atoms with Crippen LogP contribution in [-0.4, -0.2) is 24.4 Å². The summed E-state index contributed by atoms with van der Waals surface area (Å²) in [6.07, 6.45) is 22.0. The highest BCUT2D eigenvalue weighted by Gasteiger charge is 2.59. The highest BCUT2D eigenvalue weighted by atomic mass is 32.2. The van der Waals surface area contributed by atoms with Gasteiger partial charge in [-0.25, -0.2) is 13.2 Å². The molecule has 6 heteroatoms. The molecule has 7 atom stereocenters. The first-order valence-electron chi connectivity index (χ1n) is 19.3. The van der Waals surface area contributed by atoms with Crippen LogP contribution in [0.5, 0.6) is 0 Å². The quantitative estimate of drug-likeness (QED) is 0.275. The van der Waals surface area contributed by atoms with Gasteiger partial charge >= 0.3 is 6.09 Å². The molecule has 3 saturated carbocycles. The van der Waals surface area contributed by atoms with Crippen LogP contribution in [0.4, 0.5) is 4.79 Å². The molecule has 0 N–H and O–H groups in total. The van der Waals surface area contributed by atoms with E-state index < -0.39 is 21.7 Å². The summed E-state index contributed by atoms with van der Waals surface area (Å²) in [5, 5.41) is 0. The van der Waals surface area contributed by atoms with E-state index in [-0.39, 0.29) is 10.3 Å². The molecule has 5 aliphatic carbocycles. The number of aryl methyl sites for hydroxylation is 1.